The highest BCUT2D eigenvalue weighted by molar-refractivity contribution is 6.35. The number of Topliss-reactive ketones (excluding diaryl/α,β-unsaturated/α-hetero) is 2. The third kappa shape index (κ3) is 13.6. The van der Waals surface area contributed by atoms with E-state index in [1.165, 1.54) is 68.8 Å². The van der Waals surface area contributed by atoms with Gasteiger partial charge < -0.3 is 30.7 Å². The highest BCUT2D eigenvalue weighted by atomic mass is 35.5. The number of ether oxygens (including phenoxy) is 2. The van der Waals surface area contributed by atoms with Crippen molar-refractivity contribution in [2.45, 2.75) is 43.6 Å². The summed E-state index contributed by atoms with van der Waals surface area (Å²) in [6.07, 6.45) is 0. The second-order valence-corrected chi connectivity index (χ2v) is 15.7. The molecule has 0 aliphatic rings. The van der Waals surface area contributed by atoms with Crippen molar-refractivity contribution in [3.05, 3.63) is 129 Å². The van der Waals surface area contributed by atoms with Gasteiger partial charge in [-0.2, -0.15) is 20.5 Å². The minimum atomic E-state index is -1.61. The number of alkyl halides is 3. The summed E-state index contributed by atoms with van der Waals surface area (Å²) in [6, 6.07) is 19.5. The van der Waals surface area contributed by atoms with Gasteiger partial charge in [-0.15, -0.1) is 34.8 Å². The highest BCUT2D eigenvalue weighted by Crippen LogP contribution is 2.30. The Morgan fingerprint density at radius 1 is 0.530 bits per heavy atom. The van der Waals surface area contributed by atoms with E-state index in [9.17, 15) is 28.8 Å². The van der Waals surface area contributed by atoms with Crippen molar-refractivity contribution in [2.75, 3.05) is 35.5 Å². The number of hydrogen-bond donors (Lipinski definition) is 4. The first kappa shape index (κ1) is 50.6. The second kappa shape index (κ2) is 23.7. The van der Waals surface area contributed by atoms with Gasteiger partial charge in [0.25, 0.3) is 23.6 Å². The van der Waals surface area contributed by atoms with Gasteiger partial charge in [-0.1, -0.05) is 23.2 Å². The van der Waals surface area contributed by atoms with Gasteiger partial charge in [-0.25, -0.2) is 0 Å². The van der Waals surface area contributed by atoms with E-state index in [1.54, 1.807) is 36.4 Å². The minimum Gasteiger partial charge on any atom is -0.497 e. The molecule has 21 heteroatoms. The van der Waals surface area contributed by atoms with Gasteiger partial charge in [0, 0.05) is 52.5 Å². The van der Waals surface area contributed by atoms with Crippen LogP contribution in [0.15, 0.2) is 111 Å². The van der Waals surface area contributed by atoms with Crippen LogP contribution in [0.3, 0.4) is 0 Å². The Morgan fingerprint density at radius 2 is 0.985 bits per heavy atom. The first-order valence-electron chi connectivity index (χ1n) is 19.4. The molecule has 4 N–H and O–H groups in total. The molecule has 0 heterocycles. The zero-order chi connectivity index (χ0) is 48.1. The summed E-state index contributed by atoms with van der Waals surface area (Å²) >= 11 is 30.9. The molecule has 0 aliphatic heterocycles. The lowest BCUT2D eigenvalue weighted by Gasteiger charge is -2.15. The maximum absolute atomic E-state index is 13.4. The number of amides is 4. The second-order valence-electron chi connectivity index (χ2n) is 14.1. The van der Waals surface area contributed by atoms with Crippen molar-refractivity contribution in [2.24, 2.45) is 20.5 Å². The largest absolute Gasteiger partial charge is 0.497 e. The van der Waals surface area contributed by atoms with Gasteiger partial charge in [0.15, 0.2) is 11.6 Å². The van der Waals surface area contributed by atoms with Gasteiger partial charge in [0.1, 0.15) is 11.5 Å². The molecule has 5 aromatic carbocycles. The zero-order valence-corrected chi connectivity index (χ0v) is 39.2. The molecule has 0 aromatic heterocycles. The van der Waals surface area contributed by atoms with Crippen molar-refractivity contribution in [1.82, 2.24) is 0 Å². The molecule has 0 spiro atoms. The Bertz CT molecular complexity index is 2710. The predicted octanol–water partition coefficient (Wildman–Crippen LogP) is 11.1. The quantitative estimate of drug-likeness (QED) is 0.0353. The summed E-state index contributed by atoms with van der Waals surface area (Å²) in [5.41, 5.74) is 3.24. The fourth-order valence-corrected chi connectivity index (χ4v) is 6.89. The average molecular weight is 997 g/mol. The van der Waals surface area contributed by atoms with Gasteiger partial charge >= 0.3 is 0 Å². The molecule has 0 fully saturated rings. The smallest absolute Gasteiger partial charge is 0.258 e. The van der Waals surface area contributed by atoms with E-state index in [1.807, 2.05) is 0 Å². The van der Waals surface area contributed by atoms with Crippen LogP contribution in [-0.4, -0.2) is 61.5 Å². The van der Waals surface area contributed by atoms with E-state index in [0.29, 0.717) is 39.6 Å². The number of nitrogens with zero attached hydrogens (tertiary/aromatic N) is 4. The summed E-state index contributed by atoms with van der Waals surface area (Å²) in [4.78, 5) is 78.4. The molecular weight excluding hydrogens is 958 g/mol. The Kier molecular flexibility index (Phi) is 18.1. The third-order valence-electron chi connectivity index (χ3n) is 9.24. The number of anilines is 4. The molecule has 0 saturated carbocycles. The summed E-state index contributed by atoms with van der Waals surface area (Å²) in [7, 11) is 2.96. The molecule has 342 valence electrons. The fourth-order valence-electron chi connectivity index (χ4n) is 5.95. The molecule has 0 saturated heterocycles. The maximum atomic E-state index is 13.4. The van der Waals surface area contributed by atoms with Crippen LogP contribution in [-0.2, 0) is 36.8 Å². The maximum Gasteiger partial charge on any atom is 0.258 e. The van der Waals surface area contributed by atoms with E-state index in [4.69, 9.17) is 67.5 Å². The number of benzene rings is 5. The Balaban J connectivity index is 1.26. The molecule has 5 aromatic rings. The number of carbonyl (C=O) groups is 6. The van der Waals surface area contributed by atoms with E-state index in [2.05, 4.69) is 41.7 Å². The van der Waals surface area contributed by atoms with Crippen LogP contribution < -0.4 is 30.7 Å². The van der Waals surface area contributed by atoms with Crippen LogP contribution in [0.2, 0.25) is 10.0 Å². The molecule has 2 unspecified atom stereocenters. The molecule has 4 amide bonds. The lowest BCUT2D eigenvalue weighted by Crippen LogP contribution is -2.32. The van der Waals surface area contributed by atoms with Crippen LogP contribution in [0.4, 0.5) is 34.1 Å². The molecule has 0 radical (unpaired) electrons. The summed E-state index contributed by atoms with van der Waals surface area (Å²) < 4.78 is 10.6. The number of ketones is 2. The predicted molar refractivity (Wildman–Crippen MR) is 255 cm³/mol. The lowest BCUT2D eigenvalue weighted by molar-refractivity contribution is -0.127. The topological polar surface area (TPSA) is 218 Å². The summed E-state index contributed by atoms with van der Waals surface area (Å²) in [5.74, 6) is -2.97. The standard InChI is InChI=1S/C45H39Cl5N8O8/c1-23(59)40(57-55-29-5-8-37(49)35(18-29)42(61)52-31-11-25(20-46)13-33(16-31)65-3)44(63)51-28-7-10-39(27(15-28)22-48)54-45(64)41(24(2)60)58-56-30-6-9-38(50)36(19-30)43(62)53-32-12-26(21-47)14-34(17-32)66-4/h5-19,40-41H,20-22H2,1-4H3,(H,51,63)(H,52,61)(H,53,62)(H,54,64). The van der Waals surface area contributed by atoms with E-state index in [-0.39, 0.29) is 61.6 Å². The van der Waals surface area contributed by atoms with Gasteiger partial charge in [0.2, 0.25) is 12.1 Å². The monoisotopic (exact) mass is 994 g/mol. The number of azo groups is 2. The first-order chi connectivity index (χ1) is 31.5. The van der Waals surface area contributed by atoms with Crippen molar-refractivity contribution < 1.29 is 38.2 Å². The third-order valence-corrected chi connectivity index (χ3v) is 10.8. The molecule has 16 nitrogen and oxygen atoms in total. The number of nitrogens with one attached hydrogen (secondary N) is 4. The minimum absolute atomic E-state index is 0.0361. The van der Waals surface area contributed by atoms with E-state index < -0.39 is 47.3 Å². The normalized spacial score (nSPS) is 12.0. The van der Waals surface area contributed by atoms with Crippen molar-refractivity contribution >= 4 is 127 Å². The van der Waals surface area contributed by atoms with Crippen LogP contribution in [0.1, 0.15) is 51.3 Å². The number of carbonyl (C=O) groups excluding carboxylic acids is 6. The summed E-state index contributed by atoms with van der Waals surface area (Å²) in [5, 5.41) is 26.9. The van der Waals surface area contributed by atoms with Crippen molar-refractivity contribution in [3.63, 3.8) is 0 Å². The van der Waals surface area contributed by atoms with Gasteiger partial charge in [-0.3, -0.25) is 28.8 Å². The zero-order valence-electron chi connectivity index (χ0n) is 35.4. The van der Waals surface area contributed by atoms with Crippen LogP contribution in [0.25, 0.3) is 0 Å². The molecular formula is C45H39Cl5N8O8. The SMILES string of the molecule is COc1cc(CCl)cc(NC(=O)c2cc(N=NC(C(C)=O)C(=O)Nc3ccc(NC(=O)C(N=Nc4ccc(Cl)c(C(=O)Nc5cc(CCl)cc(OC)c5)c4)C(C)=O)c(CCl)c3)ccc2Cl)c1. The van der Waals surface area contributed by atoms with E-state index >= 15 is 0 Å². The van der Waals surface area contributed by atoms with Crippen molar-refractivity contribution in [1.29, 1.82) is 0 Å². The van der Waals surface area contributed by atoms with E-state index in [0.717, 1.165) is 13.8 Å². The van der Waals surface area contributed by atoms with Crippen LogP contribution in [0.5, 0.6) is 11.5 Å². The van der Waals surface area contributed by atoms with Gasteiger partial charge in [-0.05, 0) is 109 Å². The molecule has 0 aliphatic carbocycles. The Labute approximate surface area is 403 Å². The molecule has 0 bridgehead atoms. The number of hydrogen-bond acceptors (Lipinski definition) is 12. The molecule has 2 atom stereocenters. The number of methoxy groups -OCH3 is 2. The van der Waals surface area contributed by atoms with Crippen molar-refractivity contribution in [3.8, 4) is 11.5 Å². The summed E-state index contributed by atoms with van der Waals surface area (Å²) in [6.45, 7) is 2.31. The van der Waals surface area contributed by atoms with Gasteiger partial charge in [0.05, 0.1) is 46.8 Å². The highest BCUT2D eigenvalue weighted by Gasteiger charge is 2.26. The molecule has 66 heavy (non-hydrogen) atoms. The number of halogens is 5. The fraction of sp³-hybridized carbons (Fsp3) is 0.200. The lowest BCUT2D eigenvalue weighted by atomic mass is 10.1. The van der Waals surface area contributed by atoms with Crippen LogP contribution >= 0.6 is 58.0 Å². The van der Waals surface area contributed by atoms with Crippen LogP contribution in [0, 0.1) is 0 Å². The Hall–Kier alpha value is -6.43. The number of rotatable bonds is 19. The first-order valence-corrected chi connectivity index (χ1v) is 21.7. The molecule has 5 rings (SSSR count). The Morgan fingerprint density at radius 3 is 1.39 bits per heavy atom. The average Bonchev–Trinajstić information content (AvgIpc) is 3.29.